The van der Waals surface area contributed by atoms with Gasteiger partial charge >= 0.3 is 20.5 Å². The topological polar surface area (TPSA) is 120 Å². The lowest BCUT2D eigenvalue weighted by atomic mass is 11.8. The maximum Gasteiger partial charge on any atom is 0.409 e. The molecule has 0 bridgehead atoms. The molecule has 0 atom stereocenters. The highest BCUT2D eigenvalue weighted by molar-refractivity contribution is 7.98. The van der Waals surface area contributed by atoms with Gasteiger partial charge in [0.2, 0.25) is 0 Å². The minimum Gasteiger partial charge on any atom is -0.412 e. The molecule has 0 aliphatic rings. The van der Waals surface area contributed by atoms with Gasteiger partial charge in [-0.25, -0.2) is 0 Å². The number of hydrogen-bond donors (Lipinski definition) is 0. The molecule has 0 spiro atoms. The highest BCUT2D eigenvalue weighted by Gasteiger charge is 2.48. The van der Waals surface area contributed by atoms with Crippen LogP contribution in [0.2, 0.25) is 0 Å². The molecular formula is C5H14O8P2. The van der Waals surface area contributed by atoms with Gasteiger partial charge in [-0.05, 0) is 0 Å². The van der Waals surface area contributed by atoms with Crippen LogP contribution in [0.3, 0.4) is 0 Å². The molecule has 0 aromatic rings. The molecule has 15 heavy (non-hydrogen) atoms. The molecule has 92 valence electrons. The molecule has 0 aromatic carbocycles. The Morgan fingerprint density at radius 1 is 0.800 bits per heavy atom. The van der Waals surface area contributed by atoms with E-state index in [2.05, 4.69) is 18.1 Å². The van der Waals surface area contributed by atoms with Gasteiger partial charge in [0.05, 0.1) is 0 Å². The molecule has 10 heteroatoms. The fourth-order valence-corrected chi connectivity index (χ4v) is 3.71. The first-order valence-corrected chi connectivity index (χ1v) is 6.47. The molecule has 0 aliphatic heterocycles. The van der Waals surface area contributed by atoms with Crippen molar-refractivity contribution in [2.24, 2.45) is 0 Å². The first-order valence-electron chi connectivity index (χ1n) is 3.38. The van der Waals surface area contributed by atoms with Crippen LogP contribution >= 0.6 is 15.2 Å². The minimum atomic E-state index is -4.08. The van der Waals surface area contributed by atoms with Crippen molar-refractivity contribution in [3.05, 3.63) is 0 Å². The van der Waals surface area contributed by atoms with Crippen molar-refractivity contribution >= 4 is 20.5 Å². The summed E-state index contributed by atoms with van der Waals surface area (Å²) in [6.45, 7) is 0. The fourth-order valence-electron chi connectivity index (χ4n) is 0.611. The second kappa shape index (κ2) is 6.50. The predicted molar refractivity (Wildman–Crippen MR) is 52.3 cm³/mol. The summed E-state index contributed by atoms with van der Waals surface area (Å²) >= 11 is 0. The molecule has 0 amide bonds. The first-order chi connectivity index (χ1) is 6.40. The molecule has 0 saturated heterocycles. The number of carbonyl (C=O) groups is 1. The zero-order chi connectivity index (χ0) is 11.4. The van der Waals surface area contributed by atoms with Gasteiger partial charge in [-0.2, -0.15) is 0 Å². The molecule has 2 N–H and O–H groups in total. The third-order valence-electron chi connectivity index (χ3n) is 1.43. The van der Waals surface area contributed by atoms with E-state index in [-0.39, 0.29) is 5.48 Å². The van der Waals surface area contributed by atoms with E-state index in [4.69, 9.17) is 0 Å². The Balaban J connectivity index is 0. The fraction of sp³-hybridized carbons (Fsp3) is 0.800. The lowest BCUT2D eigenvalue weighted by molar-refractivity contribution is 0.230. The lowest BCUT2D eigenvalue weighted by Crippen LogP contribution is -2.05. The van der Waals surface area contributed by atoms with Gasteiger partial charge in [-0.1, -0.05) is 0 Å². The number of hydrogen-bond acceptors (Lipinski definition) is 7. The highest BCUT2D eigenvalue weighted by Crippen LogP contribution is 2.64. The first kappa shape index (κ1) is 17.3. The van der Waals surface area contributed by atoms with Gasteiger partial charge < -0.3 is 23.6 Å². The smallest absolute Gasteiger partial charge is 0.409 e. The number of carbonyl (C=O) groups excluding carboxylic acids is 1. The highest BCUT2D eigenvalue weighted by atomic mass is 31.2. The van der Waals surface area contributed by atoms with E-state index in [0.29, 0.717) is 0 Å². The molecule has 0 fully saturated rings. The van der Waals surface area contributed by atoms with E-state index in [1.807, 2.05) is 0 Å². The van der Waals surface area contributed by atoms with Crippen LogP contribution < -0.4 is 0 Å². The summed E-state index contributed by atoms with van der Waals surface area (Å²) in [6.07, 6.45) is 0. The number of rotatable bonds is 6. The van der Waals surface area contributed by atoms with Crippen LogP contribution in [-0.2, 0) is 27.2 Å². The second-order valence-corrected chi connectivity index (χ2v) is 6.62. The average molecular weight is 264 g/mol. The van der Waals surface area contributed by atoms with Crippen molar-refractivity contribution in [2.75, 3.05) is 28.4 Å². The van der Waals surface area contributed by atoms with E-state index in [0.717, 1.165) is 28.4 Å². The zero-order valence-corrected chi connectivity index (χ0v) is 10.5. The van der Waals surface area contributed by atoms with E-state index in [1.165, 1.54) is 0 Å². The Kier molecular flexibility index (Phi) is 7.51. The third kappa shape index (κ3) is 3.46. The van der Waals surface area contributed by atoms with Crippen LogP contribution in [0.1, 0.15) is 0 Å². The molecular weight excluding hydrogens is 250 g/mol. The quantitative estimate of drug-likeness (QED) is 0.662. The van der Waals surface area contributed by atoms with Crippen molar-refractivity contribution in [2.45, 2.75) is 0 Å². The molecule has 0 aliphatic carbocycles. The van der Waals surface area contributed by atoms with Gasteiger partial charge in [0.25, 0.3) is 0 Å². The maximum absolute atomic E-state index is 11.5. The Hall–Kier alpha value is -0.0700. The normalized spacial score (nSPS) is 12.0. The summed E-state index contributed by atoms with van der Waals surface area (Å²) in [5.74, 6) is 0. The molecule has 0 radical (unpaired) electrons. The SMILES string of the molecule is COP(=O)(OC)C(=O)P(=O)(OC)OC.O. The van der Waals surface area contributed by atoms with Crippen LogP contribution in [0.25, 0.3) is 0 Å². The van der Waals surface area contributed by atoms with E-state index >= 15 is 0 Å². The molecule has 0 aromatic heterocycles. The van der Waals surface area contributed by atoms with Crippen LogP contribution in [0, 0.1) is 0 Å². The van der Waals surface area contributed by atoms with Gasteiger partial charge in [-0.15, -0.1) is 0 Å². The van der Waals surface area contributed by atoms with Crippen molar-refractivity contribution in [3.8, 4) is 0 Å². The van der Waals surface area contributed by atoms with Crippen molar-refractivity contribution in [1.29, 1.82) is 0 Å². The molecule has 0 heterocycles. The Morgan fingerprint density at radius 2 is 1.00 bits per heavy atom. The second-order valence-electron chi connectivity index (χ2n) is 2.01. The van der Waals surface area contributed by atoms with Gasteiger partial charge in [0.1, 0.15) is 0 Å². The van der Waals surface area contributed by atoms with E-state index in [9.17, 15) is 13.9 Å². The van der Waals surface area contributed by atoms with Crippen molar-refractivity contribution < 1.29 is 37.5 Å². The minimum absolute atomic E-state index is 0. The Labute approximate surface area is 87.2 Å². The summed E-state index contributed by atoms with van der Waals surface area (Å²) in [6, 6.07) is 0. The summed E-state index contributed by atoms with van der Waals surface area (Å²) in [4.78, 5) is 11.4. The third-order valence-corrected chi connectivity index (χ3v) is 5.76. The van der Waals surface area contributed by atoms with Gasteiger partial charge in [0, 0.05) is 28.4 Å². The molecule has 0 saturated carbocycles. The lowest BCUT2D eigenvalue weighted by Gasteiger charge is -2.16. The van der Waals surface area contributed by atoms with E-state index in [1.54, 1.807) is 0 Å². The Bertz CT molecular complexity index is 255. The zero-order valence-electron chi connectivity index (χ0n) is 8.75. The summed E-state index contributed by atoms with van der Waals surface area (Å²) in [7, 11) is -4.17. The van der Waals surface area contributed by atoms with Crippen LogP contribution in [0.5, 0.6) is 0 Å². The summed E-state index contributed by atoms with van der Waals surface area (Å²) in [5, 5.41) is -1.32. The van der Waals surface area contributed by atoms with Crippen molar-refractivity contribution in [1.82, 2.24) is 0 Å². The van der Waals surface area contributed by atoms with Crippen LogP contribution in [0.15, 0.2) is 0 Å². The average Bonchev–Trinajstić information content (AvgIpc) is 2.25. The molecule has 8 nitrogen and oxygen atoms in total. The largest absolute Gasteiger partial charge is 0.412 e. The predicted octanol–water partition coefficient (Wildman–Crippen LogP) is 1.25. The van der Waals surface area contributed by atoms with Crippen molar-refractivity contribution in [3.63, 3.8) is 0 Å². The van der Waals surface area contributed by atoms with Gasteiger partial charge in [-0.3, -0.25) is 13.9 Å². The van der Waals surface area contributed by atoms with Gasteiger partial charge in [0.15, 0.2) is 0 Å². The van der Waals surface area contributed by atoms with E-state index < -0.39 is 20.5 Å². The molecule has 0 rings (SSSR count). The maximum atomic E-state index is 11.5. The van der Waals surface area contributed by atoms with Crippen LogP contribution in [0.4, 0.5) is 4.79 Å². The molecule has 0 unspecified atom stereocenters. The summed E-state index contributed by atoms with van der Waals surface area (Å²) in [5.41, 5.74) is 0. The Morgan fingerprint density at radius 3 is 1.13 bits per heavy atom. The van der Waals surface area contributed by atoms with Crippen LogP contribution in [-0.4, -0.2) is 39.2 Å². The monoisotopic (exact) mass is 264 g/mol. The summed E-state index contributed by atoms with van der Waals surface area (Å²) < 4.78 is 40.4. The standard InChI is InChI=1S/C5H12O7P2.H2O/c1-9-13(7,10-2)5(6)14(8,11-3)12-4;/h1-4H3;1H2.